The first-order valence-electron chi connectivity index (χ1n) is 8.82. The molecule has 0 heterocycles. The van der Waals surface area contributed by atoms with Crippen LogP contribution in [-0.2, 0) is 4.57 Å². The summed E-state index contributed by atoms with van der Waals surface area (Å²) in [6.45, 7) is 8.40. The highest BCUT2D eigenvalue weighted by atomic mass is 31.2. The van der Waals surface area contributed by atoms with Crippen LogP contribution in [0.2, 0.25) is 0 Å². The Labute approximate surface area is 151 Å². The maximum Gasteiger partial charge on any atom is 0.205 e. The minimum Gasteiger partial charge on any atom is -0.297 e. The third-order valence-corrected chi connectivity index (χ3v) is 7.66. The van der Waals surface area contributed by atoms with Crippen LogP contribution in [0.4, 0.5) is 0 Å². The molecule has 0 aliphatic heterocycles. The maximum atomic E-state index is 14.2. The van der Waals surface area contributed by atoms with Gasteiger partial charge in [0, 0.05) is 16.7 Å². The van der Waals surface area contributed by atoms with Gasteiger partial charge in [-0.25, -0.2) is 0 Å². The Bertz CT molecular complexity index is 767. The van der Waals surface area contributed by atoms with Gasteiger partial charge in [-0.2, -0.15) is 0 Å². The van der Waals surface area contributed by atoms with E-state index >= 15 is 0 Å². The Morgan fingerprint density at radius 3 is 2.04 bits per heavy atom. The van der Waals surface area contributed by atoms with Crippen molar-refractivity contribution in [3.8, 4) is 0 Å². The summed E-state index contributed by atoms with van der Waals surface area (Å²) in [6.07, 6.45) is 4.37. The second kappa shape index (κ2) is 7.56. The monoisotopic (exact) mass is 351 g/mol. The molecule has 25 heavy (non-hydrogen) atoms. The number of rotatable bonds is 5. The van der Waals surface area contributed by atoms with Crippen LogP contribution < -0.4 is 15.7 Å². The van der Waals surface area contributed by atoms with Crippen molar-refractivity contribution < 1.29 is 4.57 Å². The van der Waals surface area contributed by atoms with Gasteiger partial charge >= 0.3 is 0 Å². The van der Waals surface area contributed by atoms with Crippen molar-refractivity contribution in [2.75, 3.05) is 0 Å². The van der Waals surface area contributed by atoms with Crippen LogP contribution in [0.15, 0.2) is 84.5 Å². The second-order valence-corrected chi connectivity index (χ2v) is 9.45. The Balaban J connectivity index is 2.05. The first-order valence-corrected chi connectivity index (χ1v) is 10.5. The zero-order valence-electron chi connectivity index (χ0n) is 15.0. The summed E-state index contributed by atoms with van der Waals surface area (Å²) < 4.78 is 14.2. The fourth-order valence-electron chi connectivity index (χ4n) is 3.53. The van der Waals surface area contributed by atoms with E-state index in [1.165, 1.54) is 5.57 Å². The molecule has 3 rings (SSSR count). The molecule has 1 N–H and O–H groups in total. The van der Waals surface area contributed by atoms with Gasteiger partial charge in [0.15, 0.2) is 0 Å². The van der Waals surface area contributed by atoms with E-state index in [-0.39, 0.29) is 6.04 Å². The molecule has 0 saturated heterocycles. The van der Waals surface area contributed by atoms with E-state index in [2.05, 4.69) is 31.6 Å². The topological polar surface area (TPSA) is 29.1 Å². The number of benzene rings is 2. The minimum atomic E-state index is -2.93. The lowest BCUT2D eigenvalue weighted by Gasteiger charge is -2.34. The molecule has 2 unspecified atom stereocenters. The number of nitrogens with one attached hydrogen (secondary N) is 1. The summed E-state index contributed by atoms with van der Waals surface area (Å²) >= 11 is 0. The average molecular weight is 351 g/mol. The lowest BCUT2D eigenvalue weighted by molar-refractivity contribution is 0.451. The molecule has 0 bridgehead atoms. The van der Waals surface area contributed by atoms with Gasteiger partial charge in [0.2, 0.25) is 7.29 Å². The lowest BCUT2D eigenvalue weighted by Crippen LogP contribution is -2.40. The average Bonchev–Trinajstić information content (AvgIpc) is 2.63. The van der Waals surface area contributed by atoms with E-state index < -0.39 is 7.29 Å². The predicted molar refractivity (Wildman–Crippen MR) is 108 cm³/mol. The van der Waals surface area contributed by atoms with Crippen molar-refractivity contribution in [2.45, 2.75) is 32.7 Å². The fourth-order valence-corrected chi connectivity index (χ4v) is 5.99. The Morgan fingerprint density at radius 1 is 1.04 bits per heavy atom. The molecule has 2 aromatic carbocycles. The van der Waals surface area contributed by atoms with Crippen molar-refractivity contribution in [3.05, 3.63) is 84.5 Å². The predicted octanol–water partition coefficient (Wildman–Crippen LogP) is 4.81. The molecule has 3 heteroatoms. The van der Waals surface area contributed by atoms with Gasteiger partial charge in [-0.3, -0.25) is 9.65 Å². The van der Waals surface area contributed by atoms with Crippen LogP contribution in [0.1, 0.15) is 26.7 Å². The van der Waals surface area contributed by atoms with Crippen molar-refractivity contribution in [1.29, 1.82) is 0 Å². The Kier molecular flexibility index (Phi) is 5.42. The smallest absolute Gasteiger partial charge is 0.205 e. The van der Waals surface area contributed by atoms with Crippen molar-refractivity contribution >= 4 is 17.9 Å². The van der Waals surface area contributed by atoms with E-state index in [0.717, 1.165) is 29.0 Å². The highest BCUT2D eigenvalue weighted by Gasteiger charge is 2.34. The SMILES string of the molecule is C=C(C)C1CCC(C)=CC1NP(=O)(c1ccccc1)c1ccccc1. The zero-order valence-corrected chi connectivity index (χ0v) is 15.9. The Morgan fingerprint density at radius 2 is 1.56 bits per heavy atom. The van der Waals surface area contributed by atoms with E-state index in [1.54, 1.807) is 0 Å². The minimum absolute atomic E-state index is 0.0393. The highest BCUT2D eigenvalue weighted by molar-refractivity contribution is 7.76. The third kappa shape index (κ3) is 3.86. The molecule has 2 aromatic rings. The van der Waals surface area contributed by atoms with Gasteiger partial charge in [-0.15, -0.1) is 0 Å². The van der Waals surface area contributed by atoms with Gasteiger partial charge in [0.1, 0.15) is 0 Å². The standard InChI is InChI=1S/C22H26NOP/c1-17(2)21-15-14-18(3)16-22(21)23-25(24,19-10-6-4-7-11-19)20-12-8-5-9-13-20/h4-13,16,21-22H,1,14-15H2,2-3H3,(H,23,24). The van der Waals surface area contributed by atoms with Gasteiger partial charge in [-0.1, -0.05) is 60.2 Å². The summed E-state index contributed by atoms with van der Waals surface area (Å²) in [7, 11) is -2.93. The summed E-state index contributed by atoms with van der Waals surface area (Å²) in [6, 6.07) is 19.6. The molecule has 2 nitrogen and oxygen atoms in total. The summed E-state index contributed by atoms with van der Waals surface area (Å²) in [5.74, 6) is 0.310. The zero-order chi connectivity index (χ0) is 17.9. The molecule has 0 radical (unpaired) electrons. The second-order valence-electron chi connectivity index (χ2n) is 6.94. The molecule has 0 amide bonds. The molecule has 2 atom stereocenters. The van der Waals surface area contributed by atoms with E-state index in [9.17, 15) is 4.57 Å². The van der Waals surface area contributed by atoms with E-state index in [0.29, 0.717) is 5.92 Å². The number of allylic oxidation sites excluding steroid dienone is 1. The van der Waals surface area contributed by atoms with Crippen molar-refractivity contribution in [2.24, 2.45) is 5.92 Å². The van der Waals surface area contributed by atoms with Crippen molar-refractivity contribution in [3.63, 3.8) is 0 Å². The third-order valence-electron chi connectivity index (χ3n) is 4.95. The van der Waals surface area contributed by atoms with E-state index in [4.69, 9.17) is 0 Å². The van der Waals surface area contributed by atoms with Gasteiger partial charge < -0.3 is 0 Å². The molecule has 1 aliphatic carbocycles. The van der Waals surface area contributed by atoms with E-state index in [1.807, 2.05) is 60.7 Å². The largest absolute Gasteiger partial charge is 0.297 e. The summed E-state index contributed by atoms with van der Waals surface area (Å²) in [4.78, 5) is 0. The molecule has 130 valence electrons. The van der Waals surface area contributed by atoms with Crippen LogP contribution >= 0.6 is 7.29 Å². The number of hydrogen-bond acceptors (Lipinski definition) is 1. The van der Waals surface area contributed by atoms with Crippen LogP contribution in [0, 0.1) is 5.92 Å². The van der Waals surface area contributed by atoms with Crippen LogP contribution in [-0.4, -0.2) is 6.04 Å². The molecule has 0 fully saturated rings. The van der Waals surface area contributed by atoms with Crippen LogP contribution in [0.25, 0.3) is 0 Å². The fraction of sp³-hybridized carbons (Fsp3) is 0.273. The van der Waals surface area contributed by atoms with Crippen LogP contribution in [0.3, 0.4) is 0 Å². The first-order chi connectivity index (χ1) is 12.0. The van der Waals surface area contributed by atoms with Gasteiger partial charge in [0.05, 0.1) is 0 Å². The molecular formula is C22H26NOP. The summed E-state index contributed by atoms with van der Waals surface area (Å²) in [5.41, 5.74) is 2.50. The van der Waals surface area contributed by atoms with Gasteiger partial charge in [0.25, 0.3) is 0 Å². The normalized spacial score (nSPS) is 20.8. The van der Waals surface area contributed by atoms with Crippen molar-refractivity contribution in [1.82, 2.24) is 5.09 Å². The lowest BCUT2D eigenvalue weighted by atomic mass is 9.82. The summed E-state index contributed by atoms with van der Waals surface area (Å²) in [5, 5.41) is 5.24. The molecule has 0 saturated carbocycles. The van der Waals surface area contributed by atoms with Crippen LogP contribution in [0.5, 0.6) is 0 Å². The molecule has 0 spiro atoms. The first kappa shape index (κ1) is 17.9. The number of hydrogen-bond donors (Lipinski definition) is 1. The highest BCUT2D eigenvalue weighted by Crippen LogP contribution is 2.42. The maximum absolute atomic E-state index is 14.2. The van der Waals surface area contributed by atoms with Gasteiger partial charge in [-0.05, 0) is 56.9 Å². The quantitative estimate of drug-likeness (QED) is 0.619. The molecular weight excluding hydrogens is 325 g/mol. The molecule has 1 aliphatic rings. The molecule has 0 aromatic heterocycles. The Hall–Kier alpha value is -1.89.